The maximum atomic E-state index is 12.7. The minimum atomic E-state index is -0.973. The van der Waals surface area contributed by atoms with Gasteiger partial charge in [-0.3, -0.25) is 4.79 Å². The number of carboxylic acid groups (broad SMARTS) is 1. The molecule has 0 aromatic heterocycles. The van der Waals surface area contributed by atoms with Gasteiger partial charge in [0.2, 0.25) is 0 Å². The van der Waals surface area contributed by atoms with Crippen molar-refractivity contribution in [3.8, 4) is 0 Å². The summed E-state index contributed by atoms with van der Waals surface area (Å²) in [6, 6.07) is 13.8. The van der Waals surface area contributed by atoms with Crippen LogP contribution in [0.5, 0.6) is 0 Å². The van der Waals surface area contributed by atoms with Gasteiger partial charge in [0.15, 0.2) is 0 Å². The average Bonchev–Trinajstić information content (AvgIpc) is 3.14. The van der Waals surface area contributed by atoms with Crippen LogP contribution >= 0.6 is 11.6 Å². The molecule has 2 saturated heterocycles. The second-order valence-electron chi connectivity index (χ2n) is 8.14. The molecule has 0 aliphatic carbocycles. The number of carboxylic acids is 1. The largest absolute Gasteiger partial charge is 0.478 e. The fourth-order valence-electron chi connectivity index (χ4n) is 4.40. The summed E-state index contributed by atoms with van der Waals surface area (Å²) in [6.07, 6.45) is 1.01. The Balaban J connectivity index is 1.32. The Morgan fingerprint density at radius 2 is 1.68 bits per heavy atom. The first-order valence-corrected chi connectivity index (χ1v) is 10.9. The highest BCUT2D eigenvalue weighted by atomic mass is 35.5. The number of nitrogens with one attached hydrogen (secondary N) is 1. The Hall–Kier alpha value is -2.61. The Kier molecular flexibility index (Phi) is 6.46. The molecule has 8 heteroatoms. The van der Waals surface area contributed by atoms with Crippen molar-refractivity contribution in [2.75, 3.05) is 31.1 Å². The van der Waals surface area contributed by atoms with Crippen LogP contribution in [-0.4, -0.2) is 71.4 Å². The van der Waals surface area contributed by atoms with Crippen LogP contribution in [0.4, 0.5) is 5.69 Å². The summed E-state index contributed by atoms with van der Waals surface area (Å²) in [5.41, 5.74) is 1.50. The molecule has 3 N–H and O–H groups in total. The molecule has 2 aliphatic rings. The highest BCUT2D eigenvalue weighted by Gasteiger charge is 2.35. The normalized spacial score (nSPS) is 22.0. The highest BCUT2D eigenvalue weighted by molar-refractivity contribution is 6.30. The molecule has 164 valence electrons. The van der Waals surface area contributed by atoms with E-state index in [0.29, 0.717) is 42.5 Å². The van der Waals surface area contributed by atoms with E-state index in [1.54, 1.807) is 42.5 Å². The van der Waals surface area contributed by atoms with Crippen molar-refractivity contribution in [2.24, 2.45) is 0 Å². The summed E-state index contributed by atoms with van der Waals surface area (Å²) in [5.74, 6) is -0.966. The zero-order valence-electron chi connectivity index (χ0n) is 17.1. The summed E-state index contributed by atoms with van der Waals surface area (Å²) in [7, 11) is 0. The molecule has 0 bridgehead atoms. The lowest BCUT2D eigenvalue weighted by Gasteiger charge is -2.34. The van der Waals surface area contributed by atoms with Crippen LogP contribution in [0.3, 0.4) is 0 Å². The van der Waals surface area contributed by atoms with Crippen LogP contribution in [0, 0.1) is 0 Å². The van der Waals surface area contributed by atoms with Crippen molar-refractivity contribution in [1.82, 2.24) is 10.2 Å². The van der Waals surface area contributed by atoms with Crippen molar-refractivity contribution in [3.05, 3.63) is 64.7 Å². The molecule has 31 heavy (non-hydrogen) atoms. The molecule has 0 spiro atoms. The van der Waals surface area contributed by atoms with Crippen molar-refractivity contribution >= 4 is 29.2 Å². The molecule has 0 radical (unpaired) electrons. The van der Waals surface area contributed by atoms with Gasteiger partial charge >= 0.3 is 5.97 Å². The molecular formula is C23H26ClN3O4. The van der Waals surface area contributed by atoms with Gasteiger partial charge in [0, 0.05) is 42.8 Å². The summed E-state index contributed by atoms with van der Waals surface area (Å²) < 4.78 is 0. The van der Waals surface area contributed by atoms with Crippen LogP contribution < -0.4 is 10.2 Å². The van der Waals surface area contributed by atoms with E-state index in [1.807, 2.05) is 15.9 Å². The molecular weight excluding hydrogens is 418 g/mol. The number of halogens is 1. The number of benzene rings is 2. The minimum absolute atomic E-state index is 0.00692. The van der Waals surface area contributed by atoms with Gasteiger partial charge in [-0.05, 0) is 49.2 Å². The fourth-order valence-corrected chi connectivity index (χ4v) is 4.53. The molecule has 1 unspecified atom stereocenters. The van der Waals surface area contributed by atoms with E-state index < -0.39 is 12.1 Å². The van der Waals surface area contributed by atoms with E-state index in [2.05, 4.69) is 5.32 Å². The zero-order chi connectivity index (χ0) is 22.0. The van der Waals surface area contributed by atoms with Gasteiger partial charge in [0.25, 0.3) is 5.91 Å². The first kappa shape index (κ1) is 21.6. The quantitative estimate of drug-likeness (QED) is 0.657. The van der Waals surface area contributed by atoms with Crippen LogP contribution in [0.25, 0.3) is 0 Å². The number of para-hydroxylation sites is 1. The molecule has 2 heterocycles. The second-order valence-corrected chi connectivity index (χ2v) is 8.58. The van der Waals surface area contributed by atoms with Gasteiger partial charge in [-0.25, -0.2) is 4.79 Å². The van der Waals surface area contributed by atoms with E-state index in [1.165, 1.54) is 0 Å². The first-order chi connectivity index (χ1) is 14.9. The zero-order valence-corrected chi connectivity index (χ0v) is 17.8. The summed E-state index contributed by atoms with van der Waals surface area (Å²) in [5, 5.41) is 24.1. The number of hydrogen-bond acceptors (Lipinski definition) is 5. The lowest BCUT2D eigenvalue weighted by Crippen LogP contribution is -2.50. The predicted molar refractivity (Wildman–Crippen MR) is 119 cm³/mol. The summed E-state index contributed by atoms with van der Waals surface area (Å²) in [4.78, 5) is 28.0. The maximum absolute atomic E-state index is 12.7. The predicted octanol–water partition coefficient (Wildman–Crippen LogP) is 2.48. The molecule has 1 amide bonds. The van der Waals surface area contributed by atoms with Crippen LogP contribution in [0.15, 0.2) is 48.5 Å². The number of carbonyl (C=O) groups excluding carboxylic acids is 1. The van der Waals surface area contributed by atoms with Crippen molar-refractivity contribution in [1.29, 1.82) is 0 Å². The average molecular weight is 444 g/mol. The molecule has 2 atom stereocenters. The summed E-state index contributed by atoms with van der Waals surface area (Å²) >= 11 is 5.90. The van der Waals surface area contributed by atoms with E-state index in [4.69, 9.17) is 11.6 Å². The monoisotopic (exact) mass is 443 g/mol. The van der Waals surface area contributed by atoms with E-state index in [9.17, 15) is 19.8 Å². The number of amides is 1. The number of aliphatic hydroxyl groups is 1. The van der Waals surface area contributed by atoms with Gasteiger partial charge in [-0.2, -0.15) is 0 Å². The third-order valence-corrected chi connectivity index (χ3v) is 6.34. The number of piperidine rings is 1. The standard InChI is InChI=1S/C23H26ClN3O4/c24-16-7-5-15(6-8-16)22(29)26-11-9-17(10-12-26)25-19-13-27(14-21(19)28)20-4-2-1-3-18(20)23(30)31/h1-8,17,19,21,25,28H,9-14H2,(H,30,31)/t19?,21-/m1/s1. The number of nitrogens with zero attached hydrogens (tertiary/aromatic N) is 2. The molecule has 2 aliphatic heterocycles. The fraction of sp³-hybridized carbons (Fsp3) is 0.391. The Morgan fingerprint density at radius 1 is 1.00 bits per heavy atom. The summed E-state index contributed by atoms with van der Waals surface area (Å²) in [6.45, 7) is 2.21. The number of rotatable bonds is 5. The number of hydrogen-bond donors (Lipinski definition) is 3. The third-order valence-electron chi connectivity index (χ3n) is 6.09. The number of β-amino-alcohol motifs (C(OH)–C–C–N with tert-alkyl or cyclic N) is 1. The van der Waals surface area contributed by atoms with E-state index in [-0.39, 0.29) is 23.6 Å². The third kappa shape index (κ3) is 4.84. The van der Waals surface area contributed by atoms with Gasteiger partial charge in [0.1, 0.15) is 0 Å². The van der Waals surface area contributed by atoms with Gasteiger partial charge in [-0.15, -0.1) is 0 Å². The Morgan fingerprint density at radius 3 is 2.35 bits per heavy atom. The maximum Gasteiger partial charge on any atom is 0.337 e. The SMILES string of the molecule is O=C(O)c1ccccc1N1CC(NC2CCN(C(=O)c3ccc(Cl)cc3)CC2)[C@H](O)C1. The molecule has 2 aromatic carbocycles. The molecule has 4 rings (SSSR count). The second kappa shape index (κ2) is 9.26. The number of carbonyl (C=O) groups is 2. The lowest BCUT2D eigenvalue weighted by atomic mass is 10.0. The van der Waals surface area contributed by atoms with E-state index in [0.717, 1.165) is 12.8 Å². The smallest absolute Gasteiger partial charge is 0.337 e. The minimum Gasteiger partial charge on any atom is -0.478 e. The van der Waals surface area contributed by atoms with Gasteiger partial charge in [0.05, 0.1) is 23.4 Å². The number of anilines is 1. The van der Waals surface area contributed by atoms with Gasteiger partial charge in [-0.1, -0.05) is 23.7 Å². The first-order valence-electron chi connectivity index (χ1n) is 10.5. The topological polar surface area (TPSA) is 93.1 Å². The number of likely N-dealkylation sites (tertiary alicyclic amines) is 1. The molecule has 7 nitrogen and oxygen atoms in total. The highest BCUT2D eigenvalue weighted by Crippen LogP contribution is 2.26. The van der Waals surface area contributed by atoms with Crippen LogP contribution in [0.2, 0.25) is 5.02 Å². The molecule has 2 aromatic rings. The van der Waals surface area contributed by atoms with Gasteiger partial charge < -0.3 is 25.3 Å². The molecule has 0 saturated carbocycles. The Bertz CT molecular complexity index is 944. The van der Waals surface area contributed by atoms with E-state index >= 15 is 0 Å². The number of aromatic carboxylic acids is 1. The number of aliphatic hydroxyl groups excluding tert-OH is 1. The van der Waals surface area contributed by atoms with Crippen LogP contribution in [-0.2, 0) is 0 Å². The van der Waals surface area contributed by atoms with Crippen molar-refractivity contribution in [3.63, 3.8) is 0 Å². The van der Waals surface area contributed by atoms with Crippen molar-refractivity contribution in [2.45, 2.75) is 31.0 Å². The Labute approximate surface area is 186 Å². The lowest BCUT2D eigenvalue weighted by molar-refractivity contribution is 0.0685. The van der Waals surface area contributed by atoms with Crippen molar-refractivity contribution < 1.29 is 19.8 Å². The van der Waals surface area contributed by atoms with Crippen LogP contribution in [0.1, 0.15) is 33.6 Å². The molecule has 2 fully saturated rings.